The number of carboxylic acids is 1. The van der Waals surface area contributed by atoms with Crippen LogP contribution in [-0.4, -0.2) is 30.8 Å². The average molecular weight is 249 g/mol. The summed E-state index contributed by atoms with van der Waals surface area (Å²) in [5.74, 6) is -0.191. The van der Waals surface area contributed by atoms with E-state index in [-0.39, 0.29) is 6.42 Å². The van der Waals surface area contributed by atoms with E-state index in [2.05, 4.69) is 5.32 Å². The van der Waals surface area contributed by atoms with Crippen LogP contribution in [0.4, 0.5) is 0 Å². The Balaban J connectivity index is 1.85. The van der Waals surface area contributed by atoms with Gasteiger partial charge in [-0.1, -0.05) is 24.3 Å². The fraction of sp³-hybridized carbons (Fsp3) is 0.500. The first-order valence-corrected chi connectivity index (χ1v) is 6.32. The highest BCUT2D eigenvalue weighted by Crippen LogP contribution is 2.12. The standard InChI is InChI=1S/C14H19NO3/c16-14(17)7-12-3-1-2-4-13(12)9-15-8-11-5-6-18-10-11/h1-4,11,15H,5-10H2,(H,16,17). The zero-order valence-electron chi connectivity index (χ0n) is 10.4. The molecule has 4 heteroatoms. The third-order valence-corrected chi connectivity index (χ3v) is 3.23. The van der Waals surface area contributed by atoms with Crippen LogP contribution in [0.5, 0.6) is 0 Å². The van der Waals surface area contributed by atoms with Crippen LogP contribution in [0.3, 0.4) is 0 Å². The Labute approximate surface area is 107 Å². The Hall–Kier alpha value is -1.39. The second-order valence-corrected chi connectivity index (χ2v) is 4.70. The molecule has 98 valence electrons. The number of carboxylic acid groups (broad SMARTS) is 1. The van der Waals surface area contributed by atoms with Gasteiger partial charge in [-0.15, -0.1) is 0 Å². The van der Waals surface area contributed by atoms with E-state index in [4.69, 9.17) is 9.84 Å². The van der Waals surface area contributed by atoms with Crippen molar-refractivity contribution in [2.24, 2.45) is 5.92 Å². The van der Waals surface area contributed by atoms with Crippen molar-refractivity contribution < 1.29 is 14.6 Å². The first-order chi connectivity index (χ1) is 8.75. The molecule has 0 aliphatic carbocycles. The molecule has 4 nitrogen and oxygen atoms in total. The molecule has 0 spiro atoms. The van der Waals surface area contributed by atoms with Gasteiger partial charge >= 0.3 is 5.97 Å². The maximum Gasteiger partial charge on any atom is 0.307 e. The smallest absolute Gasteiger partial charge is 0.307 e. The van der Waals surface area contributed by atoms with Gasteiger partial charge in [-0.25, -0.2) is 0 Å². The number of rotatable bonds is 6. The lowest BCUT2D eigenvalue weighted by Gasteiger charge is -2.11. The van der Waals surface area contributed by atoms with Crippen molar-refractivity contribution in [1.29, 1.82) is 0 Å². The van der Waals surface area contributed by atoms with Crippen molar-refractivity contribution >= 4 is 5.97 Å². The molecule has 0 saturated carbocycles. The maximum absolute atomic E-state index is 10.8. The summed E-state index contributed by atoms with van der Waals surface area (Å²) < 4.78 is 5.32. The lowest BCUT2D eigenvalue weighted by molar-refractivity contribution is -0.136. The maximum atomic E-state index is 10.8. The number of ether oxygens (including phenoxy) is 1. The molecule has 2 N–H and O–H groups in total. The van der Waals surface area contributed by atoms with E-state index in [9.17, 15) is 4.79 Å². The Kier molecular flexibility index (Phi) is 4.73. The summed E-state index contributed by atoms with van der Waals surface area (Å²) in [6, 6.07) is 7.69. The molecule has 18 heavy (non-hydrogen) atoms. The van der Waals surface area contributed by atoms with Gasteiger partial charge in [0.25, 0.3) is 0 Å². The number of nitrogens with one attached hydrogen (secondary N) is 1. The van der Waals surface area contributed by atoms with Crippen LogP contribution in [0.15, 0.2) is 24.3 Å². The van der Waals surface area contributed by atoms with Crippen LogP contribution >= 0.6 is 0 Å². The van der Waals surface area contributed by atoms with Gasteiger partial charge in [0.15, 0.2) is 0 Å². The summed E-state index contributed by atoms with van der Waals surface area (Å²) in [6.45, 7) is 3.35. The quantitative estimate of drug-likeness (QED) is 0.801. The summed E-state index contributed by atoms with van der Waals surface area (Å²) in [6.07, 6.45) is 1.20. The minimum Gasteiger partial charge on any atom is -0.481 e. The number of benzene rings is 1. The van der Waals surface area contributed by atoms with E-state index in [1.807, 2.05) is 24.3 Å². The third kappa shape index (κ3) is 3.82. The second-order valence-electron chi connectivity index (χ2n) is 4.70. The first kappa shape index (κ1) is 13.1. The van der Waals surface area contributed by atoms with E-state index in [1.165, 1.54) is 0 Å². The molecule has 1 unspecified atom stereocenters. The van der Waals surface area contributed by atoms with Crippen LogP contribution in [0.25, 0.3) is 0 Å². The van der Waals surface area contributed by atoms with Crippen molar-refractivity contribution in [2.75, 3.05) is 19.8 Å². The second kappa shape index (κ2) is 6.52. The summed E-state index contributed by atoms with van der Waals surface area (Å²) in [7, 11) is 0. The number of hydrogen-bond acceptors (Lipinski definition) is 3. The molecule has 1 fully saturated rings. The SMILES string of the molecule is O=C(O)Cc1ccccc1CNCC1CCOC1. The summed E-state index contributed by atoms with van der Waals surface area (Å²) in [5.41, 5.74) is 1.96. The van der Waals surface area contributed by atoms with Crippen LogP contribution < -0.4 is 5.32 Å². The molecule has 1 aliphatic rings. The van der Waals surface area contributed by atoms with Crippen LogP contribution in [0.1, 0.15) is 17.5 Å². The van der Waals surface area contributed by atoms with Gasteiger partial charge in [0.1, 0.15) is 0 Å². The van der Waals surface area contributed by atoms with Gasteiger partial charge in [0.2, 0.25) is 0 Å². The van der Waals surface area contributed by atoms with Crippen molar-refractivity contribution in [3.05, 3.63) is 35.4 Å². The van der Waals surface area contributed by atoms with Gasteiger partial charge in [-0.3, -0.25) is 4.79 Å². The summed E-state index contributed by atoms with van der Waals surface area (Å²) in [4.78, 5) is 10.8. The Bertz CT molecular complexity index is 400. The van der Waals surface area contributed by atoms with Crippen molar-refractivity contribution in [2.45, 2.75) is 19.4 Å². The van der Waals surface area contributed by atoms with Gasteiger partial charge in [0.05, 0.1) is 13.0 Å². The molecule has 0 aromatic heterocycles. The molecule has 0 amide bonds. The molecule has 1 aromatic rings. The Morgan fingerprint density at radius 1 is 1.39 bits per heavy atom. The predicted octanol–water partition coefficient (Wildman–Crippen LogP) is 1.44. The van der Waals surface area contributed by atoms with Gasteiger partial charge in [-0.05, 0) is 23.5 Å². The fourth-order valence-electron chi connectivity index (χ4n) is 2.22. The van der Waals surface area contributed by atoms with Crippen molar-refractivity contribution in [3.8, 4) is 0 Å². The zero-order valence-corrected chi connectivity index (χ0v) is 10.4. The van der Waals surface area contributed by atoms with Gasteiger partial charge in [-0.2, -0.15) is 0 Å². The molecule has 1 saturated heterocycles. The van der Waals surface area contributed by atoms with Crippen LogP contribution in [0, 0.1) is 5.92 Å². The normalized spacial score (nSPS) is 19.0. The van der Waals surface area contributed by atoms with Crippen LogP contribution in [-0.2, 0) is 22.5 Å². The van der Waals surface area contributed by atoms with E-state index < -0.39 is 5.97 Å². The topological polar surface area (TPSA) is 58.6 Å². The highest BCUT2D eigenvalue weighted by Gasteiger charge is 2.15. The summed E-state index contributed by atoms with van der Waals surface area (Å²) in [5, 5.41) is 12.2. The van der Waals surface area contributed by atoms with Gasteiger partial charge in [0, 0.05) is 19.7 Å². The number of hydrogen-bond donors (Lipinski definition) is 2. The van der Waals surface area contributed by atoms with Crippen molar-refractivity contribution in [1.82, 2.24) is 5.32 Å². The molecule has 1 aliphatic heterocycles. The average Bonchev–Trinajstić information content (AvgIpc) is 2.84. The summed E-state index contributed by atoms with van der Waals surface area (Å²) >= 11 is 0. The fourth-order valence-corrected chi connectivity index (χ4v) is 2.22. The van der Waals surface area contributed by atoms with E-state index in [0.29, 0.717) is 5.92 Å². The Morgan fingerprint density at radius 3 is 2.83 bits per heavy atom. The molecule has 0 bridgehead atoms. The highest BCUT2D eigenvalue weighted by atomic mass is 16.5. The first-order valence-electron chi connectivity index (χ1n) is 6.32. The molecule has 0 radical (unpaired) electrons. The predicted molar refractivity (Wildman–Crippen MR) is 68.4 cm³/mol. The van der Waals surface area contributed by atoms with E-state index in [1.54, 1.807) is 0 Å². The lowest BCUT2D eigenvalue weighted by Crippen LogP contribution is -2.23. The minimum atomic E-state index is -0.786. The van der Waals surface area contributed by atoms with Gasteiger partial charge < -0.3 is 15.2 Å². The Morgan fingerprint density at radius 2 is 2.17 bits per heavy atom. The largest absolute Gasteiger partial charge is 0.481 e. The number of carbonyl (C=O) groups is 1. The molecule has 1 heterocycles. The lowest BCUT2D eigenvalue weighted by atomic mass is 10.0. The monoisotopic (exact) mass is 249 g/mol. The molecule has 1 aromatic carbocycles. The zero-order chi connectivity index (χ0) is 12.8. The minimum absolute atomic E-state index is 0.0877. The number of aliphatic carboxylic acids is 1. The molecular weight excluding hydrogens is 230 g/mol. The van der Waals surface area contributed by atoms with E-state index >= 15 is 0 Å². The third-order valence-electron chi connectivity index (χ3n) is 3.23. The van der Waals surface area contributed by atoms with Crippen LogP contribution in [0.2, 0.25) is 0 Å². The molecule has 1 atom stereocenters. The van der Waals surface area contributed by atoms with Crippen molar-refractivity contribution in [3.63, 3.8) is 0 Å². The molecular formula is C14H19NO3. The molecule has 2 rings (SSSR count). The van der Waals surface area contributed by atoms with E-state index in [0.717, 1.165) is 43.9 Å². The highest BCUT2D eigenvalue weighted by molar-refractivity contribution is 5.70.